The summed E-state index contributed by atoms with van der Waals surface area (Å²) in [7, 11) is 0. The quantitative estimate of drug-likeness (QED) is 0.403. The summed E-state index contributed by atoms with van der Waals surface area (Å²) >= 11 is 0. The summed E-state index contributed by atoms with van der Waals surface area (Å²) in [4.78, 5) is 19.4. The van der Waals surface area contributed by atoms with Crippen LogP contribution < -0.4 is 9.64 Å². The fourth-order valence-corrected chi connectivity index (χ4v) is 2.93. The molecule has 29 heavy (non-hydrogen) atoms. The van der Waals surface area contributed by atoms with Crippen LogP contribution in [0.3, 0.4) is 0 Å². The second kappa shape index (κ2) is 9.64. The molecule has 3 aromatic carbocycles. The van der Waals surface area contributed by atoms with Gasteiger partial charge in [0, 0.05) is 11.9 Å². The molecule has 0 aromatic heterocycles. The third kappa shape index (κ3) is 5.28. The van der Waals surface area contributed by atoms with Gasteiger partial charge in [-0.15, -0.1) is 0 Å². The van der Waals surface area contributed by atoms with Crippen molar-refractivity contribution in [3.8, 4) is 5.75 Å². The normalized spacial score (nSPS) is 11.2. The molecule has 0 saturated heterocycles. The summed E-state index contributed by atoms with van der Waals surface area (Å²) < 4.78 is 28.6. The molecule has 7 heteroatoms. The Labute approximate surface area is 167 Å². The first-order valence-electron chi connectivity index (χ1n) is 9.07. The van der Waals surface area contributed by atoms with Crippen LogP contribution in [0, 0.1) is 0 Å². The summed E-state index contributed by atoms with van der Waals surface area (Å²) in [5.74, 6) is -0.163. The molecule has 1 amide bonds. The fourth-order valence-electron chi connectivity index (χ4n) is 2.93. The predicted octanol–water partition coefficient (Wildman–Crippen LogP) is 4.84. The maximum atomic E-state index is 12.6. The van der Waals surface area contributed by atoms with Crippen molar-refractivity contribution >= 4 is 28.6 Å². The lowest BCUT2D eigenvalue weighted by Crippen LogP contribution is -2.33. The van der Waals surface area contributed by atoms with E-state index in [2.05, 4.69) is 9.89 Å². The number of fused-ring (bicyclic) bond motifs is 1. The molecule has 5 nitrogen and oxygen atoms in total. The lowest BCUT2D eigenvalue weighted by Gasteiger charge is -2.22. The van der Waals surface area contributed by atoms with Gasteiger partial charge in [-0.25, -0.2) is 0 Å². The summed E-state index contributed by atoms with van der Waals surface area (Å²) in [5, 5.41) is 5.82. The number of alkyl halides is 2. The minimum atomic E-state index is -2.87. The predicted molar refractivity (Wildman–Crippen MR) is 109 cm³/mol. The van der Waals surface area contributed by atoms with Crippen LogP contribution in [0.5, 0.6) is 5.75 Å². The van der Waals surface area contributed by atoms with Crippen molar-refractivity contribution < 1.29 is 23.1 Å². The molecular weight excluding hydrogens is 378 g/mol. The number of nitrogens with zero attached hydrogens (tertiary/aromatic N) is 2. The van der Waals surface area contributed by atoms with Crippen molar-refractivity contribution in [3.05, 3.63) is 72.3 Å². The van der Waals surface area contributed by atoms with E-state index in [4.69, 9.17) is 4.84 Å². The highest BCUT2D eigenvalue weighted by atomic mass is 19.3. The van der Waals surface area contributed by atoms with E-state index >= 15 is 0 Å². The molecule has 0 heterocycles. The average Bonchev–Trinajstić information content (AvgIpc) is 2.73. The molecular formula is C22H20F2N2O3. The first-order valence-corrected chi connectivity index (χ1v) is 9.07. The van der Waals surface area contributed by atoms with Crippen molar-refractivity contribution in [2.45, 2.75) is 13.5 Å². The fraction of sp³-hybridized carbons (Fsp3) is 0.182. The van der Waals surface area contributed by atoms with Crippen molar-refractivity contribution in [1.29, 1.82) is 0 Å². The van der Waals surface area contributed by atoms with E-state index < -0.39 is 6.61 Å². The summed E-state index contributed by atoms with van der Waals surface area (Å²) in [6, 6.07) is 19.6. The number of ether oxygens (including phenoxy) is 1. The molecule has 150 valence electrons. The largest absolute Gasteiger partial charge is 0.435 e. The Morgan fingerprint density at radius 1 is 1.07 bits per heavy atom. The van der Waals surface area contributed by atoms with E-state index in [1.807, 2.05) is 49.4 Å². The van der Waals surface area contributed by atoms with E-state index in [0.717, 1.165) is 16.5 Å². The summed E-state index contributed by atoms with van der Waals surface area (Å²) in [6.07, 6.45) is 1.40. The van der Waals surface area contributed by atoms with E-state index in [9.17, 15) is 13.6 Å². The maximum Gasteiger partial charge on any atom is 0.387 e. The summed E-state index contributed by atoms with van der Waals surface area (Å²) in [6.45, 7) is -0.704. The number of hydrogen-bond acceptors (Lipinski definition) is 4. The molecule has 0 aliphatic heterocycles. The van der Waals surface area contributed by atoms with Crippen molar-refractivity contribution in [3.63, 3.8) is 0 Å². The summed E-state index contributed by atoms with van der Waals surface area (Å²) in [5.41, 5.74) is 1.44. The van der Waals surface area contributed by atoms with Gasteiger partial charge in [0.2, 0.25) is 0 Å². The monoisotopic (exact) mass is 398 g/mol. The first-order chi connectivity index (χ1) is 14.1. The number of anilines is 1. The molecule has 0 spiro atoms. The Morgan fingerprint density at radius 2 is 1.79 bits per heavy atom. The van der Waals surface area contributed by atoms with Crippen LogP contribution in [0.4, 0.5) is 14.5 Å². The van der Waals surface area contributed by atoms with Crippen molar-refractivity contribution in [1.82, 2.24) is 0 Å². The third-order valence-electron chi connectivity index (χ3n) is 4.24. The zero-order valence-electron chi connectivity index (χ0n) is 15.8. The topological polar surface area (TPSA) is 51.1 Å². The Balaban J connectivity index is 1.61. The molecule has 0 atom stereocenters. The van der Waals surface area contributed by atoms with Crippen LogP contribution in [0.2, 0.25) is 0 Å². The number of hydrogen-bond donors (Lipinski definition) is 0. The molecule has 0 N–H and O–H groups in total. The number of carbonyl (C=O) groups is 1. The Hall–Kier alpha value is -3.48. The minimum absolute atomic E-state index is 0.0573. The van der Waals surface area contributed by atoms with E-state index in [0.29, 0.717) is 12.1 Å². The Bertz CT molecular complexity index is 986. The van der Waals surface area contributed by atoms with Gasteiger partial charge >= 0.3 is 6.61 Å². The zero-order valence-corrected chi connectivity index (χ0v) is 15.8. The number of carbonyl (C=O) groups excluding carboxylic acids is 1. The number of halogens is 2. The number of amides is 1. The number of rotatable bonds is 8. The molecule has 0 unspecified atom stereocenters. The van der Waals surface area contributed by atoms with Gasteiger partial charge in [-0.3, -0.25) is 4.79 Å². The highest BCUT2D eigenvalue weighted by Crippen LogP contribution is 2.26. The van der Waals surface area contributed by atoms with Crippen molar-refractivity contribution in [2.24, 2.45) is 5.16 Å². The smallest absolute Gasteiger partial charge is 0.387 e. The molecule has 3 rings (SSSR count). The number of likely N-dealkylation sites (N-methyl/N-ethyl adjacent to an activating group) is 1. The van der Waals surface area contributed by atoms with Gasteiger partial charge < -0.3 is 14.5 Å². The van der Waals surface area contributed by atoms with E-state index in [-0.39, 0.29) is 18.3 Å². The molecule has 0 aliphatic rings. The molecule has 3 aromatic rings. The minimum Gasteiger partial charge on any atom is -0.435 e. The highest BCUT2D eigenvalue weighted by Gasteiger charge is 2.16. The van der Waals surface area contributed by atoms with Gasteiger partial charge in [0.05, 0.1) is 11.9 Å². The van der Waals surface area contributed by atoms with E-state index in [1.54, 1.807) is 17.0 Å². The zero-order chi connectivity index (χ0) is 20.6. The first kappa shape index (κ1) is 20.3. The van der Waals surface area contributed by atoms with Gasteiger partial charge in [0.25, 0.3) is 5.91 Å². The second-order valence-corrected chi connectivity index (χ2v) is 6.09. The van der Waals surface area contributed by atoms with Crippen LogP contribution in [-0.2, 0) is 9.63 Å². The molecule has 0 aliphatic carbocycles. The average molecular weight is 398 g/mol. The molecule has 0 bridgehead atoms. The van der Waals surface area contributed by atoms with Crippen LogP contribution in [0.25, 0.3) is 10.8 Å². The van der Waals surface area contributed by atoms with Crippen LogP contribution >= 0.6 is 0 Å². The Morgan fingerprint density at radius 3 is 2.52 bits per heavy atom. The lowest BCUT2D eigenvalue weighted by molar-refractivity contribution is -0.123. The molecule has 0 saturated carbocycles. The highest BCUT2D eigenvalue weighted by molar-refractivity contribution is 6.04. The van der Waals surface area contributed by atoms with Crippen LogP contribution in [-0.4, -0.2) is 31.9 Å². The van der Waals surface area contributed by atoms with Crippen molar-refractivity contribution in [2.75, 3.05) is 18.1 Å². The number of benzene rings is 3. The van der Waals surface area contributed by atoms with Gasteiger partial charge in [-0.2, -0.15) is 8.78 Å². The van der Waals surface area contributed by atoms with Gasteiger partial charge in [-0.05, 0) is 48.2 Å². The number of oxime groups is 1. The van der Waals surface area contributed by atoms with Gasteiger partial charge in [-0.1, -0.05) is 41.6 Å². The lowest BCUT2D eigenvalue weighted by atomic mass is 10.1. The third-order valence-corrected chi connectivity index (χ3v) is 4.24. The standard InChI is InChI=1S/C22H20F2N2O3/c1-2-26(20-9-5-7-17-6-3-4-8-19(17)20)21(27)15-28-25-14-16-10-12-18(13-11-16)29-22(23)24/h3-14,22H,2,15H2,1H3/b25-14+. The Kier molecular flexibility index (Phi) is 6.73. The molecule has 0 radical (unpaired) electrons. The molecule has 0 fully saturated rings. The van der Waals surface area contributed by atoms with Gasteiger partial charge in [0.1, 0.15) is 5.75 Å². The second-order valence-electron chi connectivity index (χ2n) is 6.09. The van der Waals surface area contributed by atoms with Crippen LogP contribution in [0.1, 0.15) is 12.5 Å². The maximum absolute atomic E-state index is 12.6. The SMILES string of the molecule is CCN(C(=O)CO/N=C/c1ccc(OC(F)F)cc1)c1cccc2ccccc12. The van der Waals surface area contributed by atoms with E-state index in [1.165, 1.54) is 18.3 Å². The van der Waals surface area contributed by atoms with Gasteiger partial charge in [0.15, 0.2) is 6.61 Å². The van der Waals surface area contributed by atoms with Crippen LogP contribution in [0.15, 0.2) is 71.9 Å².